The Morgan fingerprint density at radius 1 is 0.800 bits per heavy atom. The van der Waals surface area contributed by atoms with E-state index in [1.807, 2.05) is 0 Å². The number of benzene rings is 2. The summed E-state index contributed by atoms with van der Waals surface area (Å²) in [6, 6.07) is 9.23. The number of ether oxygens (including phenoxy) is 11. The Bertz CT molecular complexity index is 2080. The number of fused-ring (bicyclic) bond motifs is 1. The fraction of sp³-hybridized carbons (Fsp3) is 0.581. The summed E-state index contributed by atoms with van der Waals surface area (Å²) in [4.78, 5) is 26.5. The van der Waals surface area contributed by atoms with E-state index in [4.69, 9.17) is 52.1 Å². The van der Waals surface area contributed by atoms with Crippen molar-refractivity contribution < 1.29 is 108 Å². The maximum Gasteiger partial charge on any atom is 0.337 e. The molecule has 22 nitrogen and oxygen atoms in total. The number of methoxy groups -OCH3 is 3. The number of carbonyl (C=O) groups excluding carboxylic acids is 2. The molecule has 4 fully saturated rings. The topological polar surface area (TPSA) is 318 Å². The SMILES string of the molecule is C/C=C1/C(OC2OC(CO)C(O)C(O)C2O)OC=C(C(=O)OC)C1CC(=O)OCC1OC(OC23COC(c4ccc(O)c(OC)c4)C2COC3c2ccc(O)c(OC)c2)C(O)C(O)C1O. The average Bonchev–Trinajstić information content (AvgIpc) is 3.85. The standard InChI is InChI=1S/C43H54O22/c1-5-20-21(22(39(54)57-4)14-60-40(20)64-41-35(52)33(50)31(48)28(13-44)62-41)12-30(47)58-16-29-32(49)34(51)36(53)42(63-29)65-43-17-61-37(18-6-8-24(45)26(10-18)55-2)23(43)15-59-38(43)19-7-9-25(46)27(11-19)56-3/h5-11,14,21,23,28-29,31-38,40-42,44-46,48-53H,12-13,15-17H2,1-4H3/b20-5+. The van der Waals surface area contributed by atoms with Gasteiger partial charge in [-0.1, -0.05) is 18.2 Å². The van der Waals surface area contributed by atoms with E-state index in [-0.39, 0.29) is 47.4 Å². The highest BCUT2D eigenvalue weighted by molar-refractivity contribution is 5.90. The zero-order valence-electron chi connectivity index (χ0n) is 35.6. The maximum atomic E-state index is 13.6. The van der Waals surface area contributed by atoms with Gasteiger partial charge in [0.05, 0.1) is 65.5 Å². The summed E-state index contributed by atoms with van der Waals surface area (Å²) < 4.78 is 63.5. The predicted octanol–water partition coefficient (Wildman–Crippen LogP) is -1.14. The van der Waals surface area contributed by atoms with E-state index in [0.29, 0.717) is 11.1 Å². The van der Waals surface area contributed by atoms with Gasteiger partial charge in [-0.3, -0.25) is 4.79 Å². The molecule has 358 valence electrons. The van der Waals surface area contributed by atoms with Crippen LogP contribution >= 0.6 is 0 Å². The number of phenols is 2. The molecule has 0 aromatic heterocycles. The van der Waals surface area contributed by atoms with Gasteiger partial charge in [0.15, 0.2) is 35.6 Å². The molecule has 16 unspecified atom stereocenters. The first-order valence-electron chi connectivity index (χ1n) is 20.7. The van der Waals surface area contributed by atoms with Crippen LogP contribution in [-0.2, 0) is 52.2 Å². The van der Waals surface area contributed by atoms with Crippen molar-refractivity contribution in [1.82, 2.24) is 0 Å². The molecule has 2 aromatic carbocycles. The van der Waals surface area contributed by atoms with Crippen molar-refractivity contribution in [3.05, 3.63) is 71.0 Å². The molecule has 9 N–H and O–H groups in total. The third-order valence-corrected chi connectivity index (χ3v) is 12.4. The molecular weight excluding hydrogens is 868 g/mol. The lowest BCUT2D eigenvalue weighted by molar-refractivity contribution is -0.334. The highest BCUT2D eigenvalue weighted by atomic mass is 16.8. The van der Waals surface area contributed by atoms with Gasteiger partial charge in [-0.2, -0.15) is 0 Å². The van der Waals surface area contributed by atoms with E-state index in [9.17, 15) is 55.5 Å². The minimum atomic E-state index is -1.89. The minimum Gasteiger partial charge on any atom is -0.504 e. The Balaban J connectivity index is 1.09. The lowest BCUT2D eigenvalue weighted by atomic mass is 9.80. The Kier molecular flexibility index (Phi) is 14.9. The highest BCUT2D eigenvalue weighted by Crippen LogP contribution is 2.57. The number of aromatic hydroxyl groups is 2. The highest BCUT2D eigenvalue weighted by Gasteiger charge is 2.64. The molecule has 0 spiro atoms. The van der Waals surface area contributed by atoms with Gasteiger partial charge in [-0.05, 0) is 42.3 Å². The third-order valence-electron chi connectivity index (χ3n) is 12.4. The molecule has 0 amide bonds. The molecule has 65 heavy (non-hydrogen) atoms. The maximum absolute atomic E-state index is 13.6. The van der Waals surface area contributed by atoms with E-state index < -0.39 is 129 Å². The molecule has 0 bridgehead atoms. The fourth-order valence-electron chi connectivity index (χ4n) is 8.85. The van der Waals surface area contributed by atoms with Crippen molar-refractivity contribution in [2.45, 2.75) is 98.9 Å². The molecule has 22 heteroatoms. The van der Waals surface area contributed by atoms with Crippen molar-refractivity contribution in [3.63, 3.8) is 0 Å². The second kappa shape index (κ2) is 20.1. The Morgan fingerprint density at radius 3 is 2.05 bits per heavy atom. The fourth-order valence-corrected chi connectivity index (χ4v) is 8.85. The number of allylic oxidation sites excluding steroid dienone is 1. The number of esters is 2. The molecule has 5 aliphatic rings. The predicted molar refractivity (Wildman–Crippen MR) is 213 cm³/mol. The number of aliphatic hydroxyl groups excluding tert-OH is 7. The third kappa shape index (κ3) is 9.24. The van der Waals surface area contributed by atoms with Crippen LogP contribution in [0.3, 0.4) is 0 Å². The number of hydrogen-bond acceptors (Lipinski definition) is 22. The second-order valence-corrected chi connectivity index (χ2v) is 16.1. The van der Waals surface area contributed by atoms with E-state index in [0.717, 1.165) is 13.4 Å². The summed E-state index contributed by atoms with van der Waals surface area (Å²) in [5, 5.41) is 94.9. The Labute approximate surface area is 371 Å². The van der Waals surface area contributed by atoms with E-state index in [1.165, 1.54) is 32.4 Å². The number of aliphatic hydroxyl groups is 7. The molecule has 0 aliphatic carbocycles. The molecule has 2 aromatic rings. The zero-order chi connectivity index (χ0) is 46.9. The first-order chi connectivity index (χ1) is 31.1. The normalized spacial score (nSPS) is 37.5. The van der Waals surface area contributed by atoms with Crippen molar-refractivity contribution in [1.29, 1.82) is 0 Å². The monoisotopic (exact) mass is 922 g/mol. The average molecular weight is 923 g/mol. The van der Waals surface area contributed by atoms with Crippen LogP contribution in [0.1, 0.15) is 36.7 Å². The van der Waals surface area contributed by atoms with E-state index in [2.05, 4.69) is 0 Å². The van der Waals surface area contributed by atoms with Gasteiger partial charge in [-0.15, -0.1) is 0 Å². The van der Waals surface area contributed by atoms with Gasteiger partial charge in [0.1, 0.15) is 67.1 Å². The molecule has 5 heterocycles. The summed E-state index contributed by atoms with van der Waals surface area (Å²) in [5.74, 6) is -3.54. The smallest absolute Gasteiger partial charge is 0.337 e. The van der Waals surface area contributed by atoms with Crippen LogP contribution < -0.4 is 9.47 Å². The van der Waals surface area contributed by atoms with Gasteiger partial charge in [0.2, 0.25) is 6.29 Å². The van der Waals surface area contributed by atoms with Crippen LogP contribution in [0.25, 0.3) is 0 Å². The van der Waals surface area contributed by atoms with Gasteiger partial charge in [0, 0.05) is 17.4 Å². The Morgan fingerprint density at radius 2 is 1.42 bits per heavy atom. The van der Waals surface area contributed by atoms with E-state index in [1.54, 1.807) is 31.2 Å². The van der Waals surface area contributed by atoms with Crippen molar-refractivity contribution in [3.8, 4) is 23.0 Å². The molecule has 4 saturated heterocycles. The summed E-state index contributed by atoms with van der Waals surface area (Å²) in [6.07, 6.45) is -18.2. The first kappa shape index (κ1) is 48.3. The largest absolute Gasteiger partial charge is 0.504 e. The second-order valence-electron chi connectivity index (χ2n) is 16.1. The van der Waals surface area contributed by atoms with Crippen LogP contribution in [-0.4, -0.2) is 179 Å². The van der Waals surface area contributed by atoms with E-state index >= 15 is 0 Å². The molecular formula is C43H54O22. The first-order valence-corrected chi connectivity index (χ1v) is 20.7. The quantitative estimate of drug-likeness (QED) is 0.0799. The van der Waals surface area contributed by atoms with Crippen molar-refractivity contribution >= 4 is 11.9 Å². The van der Waals surface area contributed by atoms with Crippen LogP contribution in [0.4, 0.5) is 0 Å². The van der Waals surface area contributed by atoms with Gasteiger partial charge >= 0.3 is 11.9 Å². The molecule has 7 rings (SSSR count). The summed E-state index contributed by atoms with van der Waals surface area (Å²) >= 11 is 0. The van der Waals surface area contributed by atoms with Crippen LogP contribution in [0.15, 0.2) is 59.9 Å². The lowest BCUT2D eigenvalue weighted by Crippen LogP contribution is -2.62. The van der Waals surface area contributed by atoms with Crippen LogP contribution in [0.5, 0.6) is 23.0 Å². The van der Waals surface area contributed by atoms with Gasteiger partial charge in [-0.25, -0.2) is 4.79 Å². The minimum absolute atomic E-state index is 0.0353. The van der Waals surface area contributed by atoms with Gasteiger partial charge in [0.25, 0.3) is 0 Å². The summed E-state index contributed by atoms with van der Waals surface area (Å²) in [5.41, 5.74) is -0.387. The number of hydrogen-bond donors (Lipinski definition) is 9. The van der Waals surface area contributed by atoms with Crippen molar-refractivity contribution in [2.24, 2.45) is 11.8 Å². The van der Waals surface area contributed by atoms with Crippen LogP contribution in [0, 0.1) is 11.8 Å². The molecule has 16 atom stereocenters. The summed E-state index contributed by atoms with van der Waals surface area (Å²) in [7, 11) is 3.88. The number of rotatable bonds is 14. The molecule has 0 saturated carbocycles. The number of phenolic OH excluding ortho intramolecular Hbond substituents is 2. The zero-order valence-corrected chi connectivity index (χ0v) is 35.6. The lowest BCUT2D eigenvalue weighted by Gasteiger charge is -2.44. The summed E-state index contributed by atoms with van der Waals surface area (Å²) in [6.45, 7) is -0.0136. The van der Waals surface area contributed by atoms with Gasteiger partial charge < -0.3 is 98.1 Å². The van der Waals surface area contributed by atoms with Crippen molar-refractivity contribution in [2.75, 3.05) is 47.8 Å². The molecule has 0 radical (unpaired) electrons. The Hall–Kier alpha value is -4.66. The number of carbonyl (C=O) groups is 2. The van der Waals surface area contributed by atoms with Crippen LogP contribution in [0.2, 0.25) is 0 Å². The molecule has 5 aliphatic heterocycles.